The molecule has 1 aromatic rings. The van der Waals surface area contributed by atoms with Crippen LogP contribution in [0, 0.1) is 6.92 Å². The van der Waals surface area contributed by atoms with Crippen LogP contribution in [-0.4, -0.2) is 28.7 Å². The zero-order valence-corrected chi connectivity index (χ0v) is 12.3. The molecule has 0 aromatic heterocycles. The second-order valence-corrected chi connectivity index (χ2v) is 6.23. The van der Waals surface area contributed by atoms with Crippen LogP contribution in [-0.2, 0) is 14.8 Å². The number of nitrogens with one attached hydrogen (secondary N) is 1. The third-order valence-electron chi connectivity index (χ3n) is 2.77. The molecule has 0 bridgehead atoms. The van der Waals surface area contributed by atoms with Crippen molar-refractivity contribution in [3.63, 3.8) is 0 Å². The number of hydrogen-bond acceptors (Lipinski definition) is 4. The third-order valence-corrected chi connectivity index (χ3v) is 4.31. The standard InChI is InChI=1S/C13H22N2O3S/c1-11-6-7-13(12(14)10-11)19(16,17)15-8-4-3-5-9-18-2/h6-7,10,15H,3-5,8-9,14H2,1-2H3. The highest BCUT2D eigenvalue weighted by atomic mass is 32.2. The van der Waals surface area contributed by atoms with E-state index in [1.54, 1.807) is 19.2 Å². The molecule has 0 aliphatic heterocycles. The van der Waals surface area contributed by atoms with Gasteiger partial charge in [0.1, 0.15) is 4.90 Å². The quantitative estimate of drug-likeness (QED) is 0.562. The number of unbranched alkanes of at least 4 members (excludes halogenated alkanes) is 2. The number of hydrogen-bond donors (Lipinski definition) is 2. The van der Waals surface area contributed by atoms with Crippen molar-refractivity contribution in [2.45, 2.75) is 31.1 Å². The minimum Gasteiger partial charge on any atom is -0.398 e. The van der Waals surface area contributed by atoms with Crippen molar-refractivity contribution in [2.75, 3.05) is 26.0 Å². The van der Waals surface area contributed by atoms with Crippen molar-refractivity contribution in [3.8, 4) is 0 Å². The Bertz CT molecular complexity index is 501. The lowest BCUT2D eigenvalue weighted by Gasteiger charge is -2.09. The number of benzene rings is 1. The number of methoxy groups -OCH3 is 1. The first-order valence-corrected chi connectivity index (χ1v) is 7.80. The molecule has 0 aliphatic carbocycles. The number of sulfonamides is 1. The Morgan fingerprint density at radius 3 is 2.63 bits per heavy atom. The smallest absolute Gasteiger partial charge is 0.242 e. The van der Waals surface area contributed by atoms with Gasteiger partial charge in [-0.2, -0.15) is 0 Å². The van der Waals surface area contributed by atoms with Crippen LogP contribution in [0.5, 0.6) is 0 Å². The van der Waals surface area contributed by atoms with E-state index in [1.165, 1.54) is 6.07 Å². The van der Waals surface area contributed by atoms with E-state index in [-0.39, 0.29) is 10.6 Å². The van der Waals surface area contributed by atoms with Gasteiger partial charge in [0.15, 0.2) is 0 Å². The fraction of sp³-hybridized carbons (Fsp3) is 0.538. The zero-order valence-electron chi connectivity index (χ0n) is 11.5. The largest absolute Gasteiger partial charge is 0.398 e. The Balaban J connectivity index is 2.52. The topological polar surface area (TPSA) is 81.4 Å². The number of nitrogens with two attached hydrogens (primary N) is 1. The Kier molecular flexibility index (Phi) is 6.27. The molecule has 0 spiro atoms. The fourth-order valence-corrected chi connectivity index (χ4v) is 2.93. The predicted molar refractivity (Wildman–Crippen MR) is 76.5 cm³/mol. The number of ether oxygens (including phenoxy) is 1. The zero-order chi connectivity index (χ0) is 14.3. The van der Waals surface area contributed by atoms with Crippen LogP contribution >= 0.6 is 0 Å². The second kappa shape index (κ2) is 7.47. The molecule has 0 heterocycles. The lowest BCUT2D eigenvalue weighted by Crippen LogP contribution is -2.25. The molecule has 6 heteroatoms. The van der Waals surface area contributed by atoms with Crippen LogP contribution < -0.4 is 10.5 Å². The number of aryl methyl sites for hydroxylation is 1. The summed E-state index contributed by atoms with van der Waals surface area (Å²) in [6.07, 6.45) is 2.65. The molecule has 0 unspecified atom stereocenters. The maximum Gasteiger partial charge on any atom is 0.242 e. The SMILES string of the molecule is COCCCCCNS(=O)(=O)c1ccc(C)cc1N. The first-order chi connectivity index (χ1) is 8.97. The van der Waals surface area contributed by atoms with Crippen LogP contribution in [0.1, 0.15) is 24.8 Å². The maximum absolute atomic E-state index is 12.0. The molecule has 0 amide bonds. The van der Waals surface area contributed by atoms with Gasteiger partial charge in [0.05, 0.1) is 5.69 Å². The van der Waals surface area contributed by atoms with Crippen LogP contribution in [0.4, 0.5) is 5.69 Å². The van der Waals surface area contributed by atoms with Crippen LogP contribution in [0.25, 0.3) is 0 Å². The second-order valence-electron chi connectivity index (χ2n) is 4.49. The summed E-state index contributed by atoms with van der Waals surface area (Å²) in [5.74, 6) is 0. The van der Waals surface area contributed by atoms with Crippen molar-refractivity contribution >= 4 is 15.7 Å². The molecule has 1 rings (SSSR count). The molecule has 1 aromatic carbocycles. The Morgan fingerprint density at radius 2 is 2.00 bits per heavy atom. The summed E-state index contributed by atoms with van der Waals surface area (Å²) < 4.78 is 31.6. The summed E-state index contributed by atoms with van der Waals surface area (Å²) in [6.45, 7) is 2.99. The first kappa shape index (κ1) is 15.9. The van der Waals surface area contributed by atoms with E-state index in [4.69, 9.17) is 10.5 Å². The van der Waals surface area contributed by atoms with Gasteiger partial charge in [-0.05, 0) is 43.9 Å². The Hall–Kier alpha value is -1.11. The van der Waals surface area contributed by atoms with E-state index in [1.807, 2.05) is 6.92 Å². The van der Waals surface area contributed by atoms with E-state index in [9.17, 15) is 8.42 Å². The van der Waals surface area contributed by atoms with E-state index < -0.39 is 10.0 Å². The van der Waals surface area contributed by atoms with Crippen LogP contribution in [0.2, 0.25) is 0 Å². The molecule has 0 atom stereocenters. The number of rotatable bonds is 8. The van der Waals surface area contributed by atoms with Crippen molar-refractivity contribution in [2.24, 2.45) is 0 Å². The van der Waals surface area contributed by atoms with Gasteiger partial charge in [0.2, 0.25) is 10.0 Å². The fourth-order valence-electron chi connectivity index (χ4n) is 1.75. The maximum atomic E-state index is 12.0. The van der Waals surface area contributed by atoms with E-state index >= 15 is 0 Å². The van der Waals surface area contributed by atoms with Crippen molar-refractivity contribution in [1.29, 1.82) is 0 Å². The minimum absolute atomic E-state index is 0.148. The van der Waals surface area contributed by atoms with Crippen molar-refractivity contribution in [3.05, 3.63) is 23.8 Å². The highest BCUT2D eigenvalue weighted by Crippen LogP contribution is 2.19. The van der Waals surface area contributed by atoms with Gasteiger partial charge in [0, 0.05) is 20.3 Å². The lowest BCUT2D eigenvalue weighted by atomic mass is 10.2. The van der Waals surface area contributed by atoms with Crippen molar-refractivity contribution in [1.82, 2.24) is 4.72 Å². The van der Waals surface area contributed by atoms with Gasteiger partial charge in [-0.25, -0.2) is 13.1 Å². The minimum atomic E-state index is -3.51. The summed E-state index contributed by atoms with van der Waals surface area (Å²) in [7, 11) is -1.85. The highest BCUT2D eigenvalue weighted by molar-refractivity contribution is 7.89. The summed E-state index contributed by atoms with van der Waals surface area (Å²) in [5, 5.41) is 0. The average molecular weight is 286 g/mol. The van der Waals surface area contributed by atoms with Gasteiger partial charge in [-0.3, -0.25) is 0 Å². The van der Waals surface area contributed by atoms with Gasteiger partial charge < -0.3 is 10.5 Å². The number of nitrogen functional groups attached to an aromatic ring is 1. The van der Waals surface area contributed by atoms with Gasteiger partial charge in [-0.1, -0.05) is 6.07 Å². The third kappa shape index (κ3) is 5.18. The first-order valence-electron chi connectivity index (χ1n) is 6.32. The molecule has 5 nitrogen and oxygen atoms in total. The summed E-state index contributed by atoms with van der Waals surface area (Å²) in [4.78, 5) is 0.148. The van der Waals surface area contributed by atoms with Gasteiger partial charge in [0.25, 0.3) is 0 Å². The molecule has 0 saturated carbocycles. The molecule has 0 aliphatic rings. The summed E-state index contributed by atoms with van der Waals surface area (Å²) in [6, 6.07) is 4.94. The predicted octanol–water partition coefficient (Wildman–Crippen LogP) is 1.67. The summed E-state index contributed by atoms with van der Waals surface area (Å²) >= 11 is 0. The molecule has 0 saturated heterocycles. The lowest BCUT2D eigenvalue weighted by molar-refractivity contribution is 0.192. The molecule has 19 heavy (non-hydrogen) atoms. The Morgan fingerprint density at radius 1 is 1.26 bits per heavy atom. The molecule has 0 fully saturated rings. The van der Waals surface area contributed by atoms with Gasteiger partial charge >= 0.3 is 0 Å². The van der Waals surface area contributed by atoms with Crippen molar-refractivity contribution < 1.29 is 13.2 Å². The molecule has 0 radical (unpaired) electrons. The highest BCUT2D eigenvalue weighted by Gasteiger charge is 2.16. The van der Waals surface area contributed by atoms with Crippen LogP contribution in [0.3, 0.4) is 0 Å². The van der Waals surface area contributed by atoms with E-state index in [0.717, 1.165) is 24.8 Å². The monoisotopic (exact) mass is 286 g/mol. The Labute approximate surface area is 115 Å². The molecular formula is C13H22N2O3S. The molecular weight excluding hydrogens is 264 g/mol. The summed E-state index contributed by atoms with van der Waals surface area (Å²) in [5.41, 5.74) is 6.97. The average Bonchev–Trinajstić information content (AvgIpc) is 2.33. The number of anilines is 1. The molecule has 108 valence electrons. The normalized spacial score (nSPS) is 11.7. The van der Waals surface area contributed by atoms with Crippen LogP contribution in [0.15, 0.2) is 23.1 Å². The molecule has 3 N–H and O–H groups in total. The van der Waals surface area contributed by atoms with E-state index in [0.29, 0.717) is 13.2 Å². The van der Waals surface area contributed by atoms with E-state index in [2.05, 4.69) is 4.72 Å². The van der Waals surface area contributed by atoms with Gasteiger partial charge in [-0.15, -0.1) is 0 Å².